The lowest BCUT2D eigenvalue weighted by Gasteiger charge is -2.20. The highest BCUT2D eigenvalue weighted by Gasteiger charge is 2.28. The van der Waals surface area contributed by atoms with E-state index in [1.54, 1.807) is 0 Å². The summed E-state index contributed by atoms with van der Waals surface area (Å²) in [5, 5.41) is 0. The minimum absolute atomic E-state index is 0.387. The van der Waals surface area contributed by atoms with Gasteiger partial charge in [0, 0.05) is 22.5 Å². The zero-order valence-electron chi connectivity index (χ0n) is 19.8. The summed E-state index contributed by atoms with van der Waals surface area (Å²) < 4.78 is 32.0. The van der Waals surface area contributed by atoms with Gasteiger partial charge in [0.2, 0.25) is 0 Å². The zero-order chi connectivity index (χ0) is 23.8. The predicted octanol–water partition coefficient (Wildman–Crippen LogP) is 6.09. The van der Waals surface area contributed by atoms with Crippen LogP contribution < -0.4 is 4.72 Å². The molecule has 1 N–H and O–H groups in total. The Balaban J connectivity index is 1.74. The number of thiophene rings is 1. The molecule has 0 aliphatic heterocycles. The normalized spacial score (nSPS) is 12.7. The maximum Gasteiger partial charge on any atom is 0.251 e. The van der Waals surface area contributed by atoms with Crippen molar-refractivity contribution < 1.29 is 8.42 Å². The number of nitrogens with zero attached hydrogens (tertiary/aromatic N) is 2. The number of aromatic nitrogens is 2. The van der Waals surface area contributed by atoms with Crippen LogP contribution in [-0.2, 0) is 23.0 Å². The second-order valence-electron chi connectivity index (χ2n) is 9.93. The van der Waals surface area contributed by atoms with Crippen molar-refractivity contribution in [2.75, 3.05) is 0 Å². The van der Waals surface area contributed by atoms with Gasteiger partial charge < -0.3 is 4.57 Å². The van der Waals surface area contributed by atoms with E-state index in [4.69, 9.17) is 0 Å². The molecule has 0 saturated heterocycles. The Labute approximate surface area is 200 Å². The molecule has 0 bridgehead atoms. The van der Waals surface area contributed by atoms with Crippen LogP contribution in [0.5, 0.6) is 0 Å². The van der Waals surface area contributed by atoms with E-state index in [1.807, 2.05) is 63.5 Å². The quantitative estimate of drug-likeness (QED) is 0.347. The van der Waals surface area contributed by atoms with Gasteiger partial charge in [-0.2, -0.15) is 0 Å². The Morgan fingerprint density at radius 2 is 1.82 bits per heavy atom. The number of nitrogens with one attached hydrogen (secondary N) is 1. The first-order valence-corrected chi connectivity index (χ1v) is 13.5. The highest BCUT2D eigenvalue weighted by Crippen LogP contribution is 2.37. The Morgan fingerprint density at radius 3 is 2.55 bits per heavy atom. The molecule has 5 nitrogen and oxygen atoms in total. The molecule has 0 spiro atoms. The van der Waals surface area contributed by atoms with Crippen molar-refractivity contribution >= 4 is 32.4 Å². The van der Waals surface area contributed by atoms with Crippen molar-refractivity contribution in [1.82, 2.24) is 14.3 Å². The van der Waals surface area contributed by atoms with E-state index in [2.05, 4.69) is 46.3 Å². The number of sulfonamides is 1. The van der Waals surface area contributed by atoms with Gasteiger partial charge >= 0.3 is 0 Å². The standard InChI is InChI=1S/C26H31N3O2S2/c1-18(2)13-21-15-22(25(32-21)33(30,31)28-26(3,4)5)20-10-8-9-19(14-20)16-29-17-27-23-11-6-7-12-24(23)29/h6-12,14-15,17-18,28H,13,16H2,1-5H3. The molecule has 0 amide bonds. The maximum atomic E-state index is 13.3. The van der Waals surface area contributed by atoms with E-state index in [9.17, 15) is 8.42 Å². The molecule has 174 valence electrons. The predicted molar refractivity (Wildman–Crippen MR) is 137 cm³/mol. The minimum Gasteiger partial charge on any atom is -0.326 e. The van der Waals surface area contributed by atoms with Gasteiger partial charge in [-0.25, -0.2) is 18.1 Å². The summed E-state index contributed by atoms with van der Waals surface area (Å²) >= 11 is 1.38. The van der Waals surface area contributed by atoms with Gasteiger partial charge in [0.15, 0.2) is 0 Å². The molecule has 0 radical (unpaired) electrons. The molecule has 0 fully saturated rings. The molecule has 0 saturated carbocycles. The average molecular weight is 482 g/mol. The van der Waals surface area contributed by atoms with Crippen LogP contribution in [-0.4, -0.2) is 23.5 Å². The maximum absolute atomic E-state index is 13.3. The third kappa shape index (κ3) is 5.54. The third-order valence-corrected chi connectivity index (χ3v) is 8.61. The summed E-state index contributed by atoms with van der Waals surface area (Å²) in [5.41, 5.74) is 4.27. The molecule has 7 heteroatoms. The largest absolute Gasteiger partial charge is 0.326 e. The van der Waals surface area contributed by atoms with Gasteiger partial charge in [-0.3, -0.25) is 0 Å². The highest BCUT2D eigenvalue weighted by atomic mass is 32.2. The monoisotopic (exact) mass is 481 g/mol. The van der Waals surface area contributed by atoms with Crippen LogP contribution >= 0.6 is 11.3 Å². The molecular weight excluding hydrogens is 450 g/mol. The van der Waals surface area contributed by atoms with Gasteiger partial charge in [0.1, 0.15) is 4.21 Å². The van der Waals surface area contributed by atoms with Crippen LogP contribution in [0.2, 0.25) is 0 Å². The summed E-state index contributed by atoms with van der Waals surface area (Å²) in [6.07, 6.45) is 2.70. The zero-order valence-corrected chi connectivity index (χ0v) is 21.4. The highest BCUT2D eigenvalue weighted by molar-refractivity contribution is 7.91. The second-order valence-corrected chi connectivity index (χ2v) is 12.9. The van der Waals surface area contributed by atoms with Crippen LogP contribution in [0.1, 0.15) is 45.1 Å². The smallest absolute Gasteiger partial charge is 0.251 e. The van der Waals surface area contributed by atoms with Gasteiger partial charge in [-0.15, -0.1) is 11.3 Å². The Morgan fingerprint density at radius 1 is 1.06 bits per heavy atom. The summed E-state index contributed by atoms with van der Waals surface area (Å²) in [4.78, 5) is 5.57. The lowest BCUT2D eigenvalue weighted by Crippen LogP contribution is -2.40. The average Bonchev–Trinajstić information content (AvgIpc) is 3.31. The van der Waals surface area contributed by atoms with Gasteiger partial charge in [0.25, 0.3) is 10.0 Å². The molecule has 2 heterocycles. The van der Waals surface area contributed by atoms with E-state index >= 15 is 0 Å². The molecule has 33 heavy (non-hydrogen) atoms. The Hall–Kier alpha value is -2.48. The minimum atomic E-state index is -3.65. The van der Waals surface area contributed by atoms with Crippen molar-refractivity contribution in [2.24, 2.45) is 5.92 Å². The SMILES string of the molecule is CC(C)Cc1cc(-c2cccc(Cn3cnc4ccccc43)c2)c(S(=O)(=O)NC(C)(C)C)s1. The molecule has 0 unspecified atom stereocenters. The van der Waals surface area contributed by atoms with Crippen molar-refractivity contribution in [3.63, 3.8) is 0 Å². The van der Waals surface area contributed by atoms with Gasteiger partial charge in [-0.05, 0) is 68.5 Å². The summed E-state index contributed by atoms with van der Waals surface area (Å²) in [6.45, 7) is 10.6. The summed E-state index contributed by atoms with van der Waals surface area (Å²) in [6, 6.07) is 18.3. The fourth-order valence-corrected chi connectivity index (χ4v) is 7.32. The van der Waals surface area contributed by atoms with Crippen LogP contribution in [0.15, 0.2) is 65.1 Å². The van der Waals surface area contributed by atoms with E-state index in [1.165, 1.54) is 11.3 Å². The molecule has 0 atom stereocenters. The van der Waals surface area contributed by atoms with Crippen LogP contribution in [0.3, 0.4) is 0 Å². The third-order valence-electron chi connectivity index (χ3n) is 5.16. The van der Waals surface area contributed by atoms with Crippen molar-refractivity contribution in [3.05, 3.63) is 71.4 Å². The summed E-state index contributed by atoms with van der Waals surface area (Å²) in [5.74, 6) is 0.448. The fraction of sp³-hybridized carbons (Fsp3) is 0.346. The summed E-state index contributed by atoms with van der Waals surface area (Å²) in [7, 11) is -3.65. The lowest BCUT2D eigenvalue weighted by molar-refractivity contribution is 0.493. The topological polar surface area (TPSA) is 64.0 Å². The lowest BCUT2D eigenvalue weighted by atomic mass is 10.0. The first-order valence-electron chi connectivity index (χ1n) is 11.2. The molecule has 0 aliphatic carbocycles. The van der Waals surface area contributed by atoms with Crippen molar-refractivity contribution in [1.29, 1.82) is 0 Å². The van der Waals surface area contributed by atoms with Gasteiger partial charge in [0.05, 0.1) is 17.4 Å². The first kappa shape index (κ1) is 23.7. The molecule has 4 aromatic rings. The van der Waals surface area contributed by atoms with E-state index in [0.29, 0.717) is 16.7 Å². The van der Waals surface area contributed by atoms with Crippen molar-refractivity contribution in [2.45, 2.75) is 57.3 Å². The Bertz CT molecular complexity index is 1380. The molecule has 4 rings (SSSR count). The van der Waals surface area contributed by atoms with Crippen LogP contribution in [0, 0.1) is 5.92 Å². The molecule has 0 aliphatic rings. The number of rotatable bonds is 7. The number of imidazole rings is 1. The van der Waals surface area contributed by atoms with Crippen molar-refractivity contribution in [3.8, 4) is 11.1 Å². The number of hydrogen-bond acceptors (Lipinski definition) is 4. The molecule has 2 aromatic carbocycles. The number of para-hydroxylation sites is 2. The second kappa shape index (κ2) is 9.05. The van der Waals surface area contributed by atoms with Crippen LogP contribution in [0.25, 0.3) is 22.2 Å². The van der Waals surface area contributed by atoms with E-state index in [-0.39, 0.29) is 0 Å². The number of hydrogen-bond donors (Lipinski definition) is 1. The van der Waals surface area contributed by atoms with E-state index < -0.39 is 15.6 Å². The number of fused-ring (bicyclic) bond motifs is 1. The fourth-order valence-electron chi connectivity index (χ4n) is 3.95. The van der Waals surface area contributed by atoms with Crippen LogP contribution in [0.4, 0.5) is 0 Å². The molecule has 2 aromatic heterocycles. The number of benzene rings is 2. The molecular formula is C26H31N3O2S2. The van der Waals surface area contributed by atoms with E-state index in [0.717, 1.165) is 39.0 Å². The Kier molecular flexibility index (Phi) is 6.49. The first-order chi connectivity index (χ1) is 15.5. The van der Waals surface area contributed by atoms with Gasteiger partial charge in [-0.1, -0.05) is 44.2 Å².